The molecule has 1 heterocycles. The van der Waals surface area contributed by atoms with Gasteiger partial charge in [0.25, 0.3) is 5.69 Å². The standard InChI is InChI=1S/C14H16N4O3S/c1-2-3-4-8-12(19)15-14-17-16-13(22-14)10-6-5-7-11(9-10)18(20)21/h5-7,9H,2-4,8H2,1H3,(H,15,17,19). The summed E-state index contributed by atoms with van der Waals surface area (Å²) in [5.74, 6) is -0.0878. The third-order valence-corrected chi connectivity index (χ3v) is 3.87. The summed E-state index contributed by atoms with van der Waals surface area (Å²) in [6, 6.07) is 6.17. The fourth-order valence-electron chi connectivity index (χ4n) is 1.86. The molecule has 1 N–H and O–H groups in total. The normalized spacial score (nSPS) is 10.4. The number of unbranched alkanes of at least 4 members (excludes halogenated alkanes) is 2. The lowest BCUT2D eigenvalue weighted by Gasteiger charge is -1.99. The molecule has 0 spiro atoms. The molecule has 7 nitrogen and oxygen atoms in total. The van der Waals surface area contributed by atoms with Gasteiger partial charge in [0.15, 0.2) is 0 Å². The molecule has 8 heteroatoms. The van der Waals surface area contributed by atoms with Crippen LogP contribution in [0.15, 0.2) is 24.3 Å². The highest BCUT2D eigenvalue weighted by molar-refractivity contribution is 7.18. The van der Waals surface area contributed by atoms with E-state index in [0.717, 1.165) is 19.3 Å². The van der Waals surface area contributed by atoms with Crippen molar-refractivity contribution < 1.29 is 9.72 Å². The molecule has 22 heavy (non-hydrogen) atoms. The van der Waals surface area contributed by atoms with Crippen molar-refractivity contribution >= 4 is 28.1 Å². The van der Waals surface area contributed by atoms with Gasteiger partial charge in [-0.1, -0.05) is 43.2 Å². The van der Waals surface area contributed by atoms with Gasteiger partial charge in [-0.05, 0) is 6.42 Å². The molecule has 2 rings (SSSR count). The fourth-order valence-corrected chi connectivity index (χ4v) is 2.62. The molecule has 116 valence electrons. The first-order valence-electron chi connectivity index (χ1n) is 6.98. The lowest BCUT2D eigenvalue weighted by Crippen LogP contribution is -2.10. The van der Waals surface area contributed by atoms with Gasteiger partial charge in [0.05, 0.1) is 4.92 Å². The number of carbonyl (C=O) groups excluding carboxylic acids is 1. The lowest BCUT2D eigenvalue weighted by molar-refractivity contribution is -0.384. The molecule has 1 aromatic heterocycles. The quantitative estimate of drug-likeness (QED) is 0.477. The fraction of sp³-hybridized carbons (Fsp3) is 0.357. The van der Waals surface area contributed by atoms with E-state index >= 15 is 0 Å². The first-order chi connectivity index (χ1) is 10.6. The van der Waals surface area contributed by atoms with Gasteiger partial charge in [-0.3, -0.25) is 14.9 Å². The average molecular weight is 320 g/mol. The van der Waals surface area contributed by atoms with E-state index < -0.39 is 4.92 Å². The highest BCUT2D eigenvalue weighted by Crippen LogP contribution is 2.28. The zero-order valence-corrected chi connectivity index (χ0v) is 12.9. The van der Waals surface area contributed by atoms with Crippen LogP contribution < -0.4 is 5.32 Å². The molecule has 0 bridgehead atoms. The smallest absolute Gasteiger partial charge is 0.270 e. The van der Waals surface area contributed by atoms with Crippen LogP contribution in [0.5, 0.6) is 0 Å². The van der Waals surface area contributed by atoms with Crippen LogP contribution in [-0.2, 0) is 4.79 Å². The number of rotatable bonds is 7. The zero-order chi connectivity index (χ0) is 15.9. The van der Waals surface area contributed by atoms with E-state index in [2.05, 4.69) is 22.4 Å². The molecule has 0 aliphatic heterocycles. The largest absolute Gasteiger partial charge is 0.301 e. The number of aromatic nitrogens is 2. The van der Waals surface area contributed by atoms with Crippen LogP contribution in [0.3, 0.4) is 0 Å². The summed E-state index contributed by atoms with van der Waals surface area (Å²) in [5, 5.41) is 22.3. The molecule has 0 saturated heterocycles. The molecule has 0 aliphatic rings. The monoisotopic (exact) mass is 320 g/mol. The van der Waals surface area contributed by atoms with Gasteiger partial charge in [0.2, 0.25) is 11.0 Å². The molecule has 0 fully saturated rings. The third kappa shape index (κ3) is 4.32. The number of nitro benzene ring substituents is 1. The van der Waals surface area contributed by atoms with Crippen molar-refractivity contribution in [1.29, 1.82) is 0 Å². The Hall–Kier alpha value is -2.35. The van der Waals surface area contributed by atoms with Crippen molar-refractivity contribution in [1.82, 2.24) is 10.2 Å². The number of hydrogen-bond donors (Lipinski definition) is 1. The van der Waals surface area contributed by atoms with E-state index in [1.54, 1.807) is 12.1 Å². The number of non-ortho nitro benzene ring substituents is 1. The summed E-state index contributed by atoms with van der Waals surface area (Å²) < 4.78 is 0. The topological polar surface area (TPSA) is 98.0 Å². The average Bonchev–Trinajstić information content (AvgIpc) is 2.96. The summed E-state index contributed by atoms with van der Waals surface area (Å²) in [6.45, 7) is 2.08. The van der Waals surface area contributed by atoms with E-state index in [-0.39, 0.29) is 11.6 Å². The number of benzene rings is 1. The zero-order valence-electron chi connectivity index (χ0n) is 12.1. The number of amides is 1. The Kier molecular flexibility index (Phi) is 5.54. The molecule has 1 amide bonds. The van der Waals surface area contributed by atoms with Crippen LogP contribution in [0.4, 0.5) is 10.8 Å². The minimum Gasteiger partial charge on any atom is -0.301 e. The molecule has 1 aromatic carbocycles. The van der Waals surface area contributed by atoms with E-state index in [9.17, 15) is 14.9 Å². The number of nitrogens with zero attached hydrogens (tertiary/aromatic N) is 3. The molecular formula is C14H16N4O3S. The van der Waals surface area contributed by atoms with E-state index in [0.29, 0.717) is 22.1 Å². The van der Waals surface area contributed by atoms with Gasteiger partial charge in [0, 0.05) is 24.1 Å². The van der Waals surface area contributed by atoms with Gasteiger partial charge in [-0.2, -0.15) is 0 Å². The molecule has 0 atom stereocenters. The number of hydrogen-bond acceptors (Lipinski definition) is 6. The van der Waals surface area contributed by atoms with E-state index in [4.69, 9.17) is 0 Å². The van der Waals surface area contributed by atoms with Crippen molar-refractivity contribution in [2.24, 2.45) is 0 Å². The first-order valence-corrected chi connectivity index (χ1v) is 7.80. The summed E-state index contributed by atoms with van der Waals surface area (Å²) in [6.07, 6.45) is 3.38. The Bertz CT molecular complexity index is 672. The summed E-state index contributed by atoms with van der Waals surface area (Å²) in [4.78, 5) is 22.0. The van der Waals surface area contributed by atoms with Gasteiger partial charge >= 0.3 is 0 Å². The van der Waals surface area contributed by atoms with Crippen molar-refractivity contribution in [3.63, 3.8) is 0 Å². The second-order valence-electron chi connectivity index (χ2n) is 4.73. The minimum absolute atomic E-state index is 0.00199. The Morgan fingerprint density at radius 2 is 2.18 bits per heavy atom. The minimum atomic E-state index is -0.457. The van der Waals surface area contributed by atoms with Gasteiger partial charge in [0.1, 0.15) is 5.01 Å². The van der Waals surface area contributed by atoms with E-state index in [1.165, 1.54) is 23.5 Å². The van der Waals surface area contributed by atoms with Crippen molar-refractivity contribution in [3.05, 3.63) is 34.4 Å². The third-order valence-electron chi connectivity index (χ3n) is 2.98. The number of nitro groups is 1. The second kappa shape index (κ2) is 7.60. The molecule has 2 aromatic rings. The van der Waals surface area contributed by atoms with Crippen LogP contribution in [0.1, 0.15) is 32.6 Å². The predicted octanol–water partition coefficient (Wildman–Crippen LogP) is 3.63. The molecule has 0 radical (unpaired) electrons. The maximum Gasteiger partial charge on any atom is 0.270 e. The van der Waals surface area contributed by atoms with Crippen LogP contribution in [0.25, 0.3) is 10.6 Å². The number of carbonyl (C=O) groups is 1. The highest BCUT2D eigenvalue weighted by atomic mass is 32.1. The van der Waals surface area contributed by atoms with Gasteiger partial charge < -0.3 is 5.32 Å². The van der Waals surface area contributed by atoms with Crippen LogP contribution in [0, 0.1) is 10.1 Å². The van der Waals surface area contributed by atoms with Crippen molar-refractivity contribution in [2.75, 3.05) is 5.32 Å². The number of anilines is 1. The summed E-state index contributed by atoms with van der Waals surface area (Å²) in [7, 11) is 0. The Balaban J connectivity index is 2.03. The second-order valence-corrected chi connectivity index (χ2v) is 5.70. The van der Waals surface area contributed by atoms with E-state index in [1.807, 2.05) is 0 Å². The predicted molar refractivity (Wildman–Crippen MR) is 84.8 cm³/mol. The lowest BCUT2D eigenvalue weighted by atomic mass is 10.2. The Morgan fingerprint density at radius 1 is 1.36 bits per heavy atom. The SMILES string of the molecule is CCCCCC(=O)Nc1nnc(-c2cccc([N+](=O)[O-])c2)s1. The molecule has 0 aliphatic carbocycles. The maximum absolute atomic E-state index is 11.7. The maximum atomic E-state index is 11.7. The molecule has 0 unspecified atom stereocenters. The Morgan fingerprint density at radius 3 is 2.91 bits per heavy atom. The van der Waals surface area contributed by atoms with Crippen LogP contribution in [-0.4, -0.2) is 21.0 Å². The first kappa shape index (κ1) is 16.0. The van der Waals surface area contributed by atoms with Crippen LogP contribution >= 0.6 is 11.3 Å². The molecular weight excluding hydrogens is 304 g/mol. The van der Waals surface area contributed by atoms with Gasteiger partial charge in [-0.15, -0.1) is 10.2 Å². The van der Waals surface area contributed by atoms with Crippen molar-refractivity contribution in [2.45, 2.75) is 32.6 Å². The summed E-state index contributed by atoms with van der Waals surface area (Å²) in [5.41, 5.74) is 0.607. The van der Waals surface area contributed by atoms with Gasteiger partial charge in [-0.25, -0.2) is 0 Å². The van der Waals surface area contributed by atoms with Crippen molar-refractivity contribution in [3.8, 4) is 10.6 Å². The Labute approximate surface area is 131 Å². The van der Waals surface area contributed by atoms with Crippen LogP contribution in [0.2, 0.25) is 0 Å². The number of nitrogens with one attached hydrogen (secondary N) is 1. The molecule has 0 saturated carbocycles. The highest BCUT2D eigenvalue weighted by Gasteiger charge is 2.12. The summed E-state index contributed by atoms with van der Waals surface area (Å²) >= 11 is 1.20.